The Kier molecular flexibility index (Phi) is 4.08. The van der Waals surface area contributed by atoms with Crippen molar-refractivity contribution >= 4 is 0 Å². The Bertz CT molecular complexity index is 493. The summed E-state index contributed by atoms with van der Waals surface area (Å²) in [7, 11) is 1.41. The molecule has 0 saturated heterocycles. The minimum atomic E-state index is -1.98. The van der Waals surface area contributed by atoms with Crippen LogP contribution in [0, 0.1) is 20.2 Å². The van der Waals surface area contributed by atoms with Crippen molar-refractivity contribution in [3.8, 4) is 5.75 Å². The number of methoxy groups -OCH3 is 1. The van der Waals surface area contributed by atoms with Gasteiger partial charge in [-0.05, 0) is 23.1 Å². The molecule has 0 saturated carbocycles. The minimum Gasteiger partial charge on any atom is -0.497 e. The second kappa shape index (κ2) is 5.21. The molecular formula is C12H16N2O5. The van der Waals surface area contributed by atoms with Crippen LogP contribution < -0.4 is 4.74 Å². The van der Waals surface area contributed by atoms with Crippen LogP contribution in [0.1, 0.15) is 38.1 Å². The average Bonchev–Trinajstić information content (AvgIpc) is 2.26. The molecule has 0 aromatic heterocycles. The molecule has 104 valence electrons. The fourth-order valence-electron chi connectivity index (χ4n) is 1.87. The van der Waals surface area contributed by atoms with Gasteiger partial charge in [-0.1, -0.05) is 26.8 Å². The van der Waals surface area contributed by atoms with E-state index in [4.69, 9.17) is 4.74 Å². The highest BCUT2D eigenvalue weighted by Gasteiger charge is 2.39. The van der Waals surface area contributed by atoms with Crippen molar-refractivity contribution in [2.75, 3.05) is 7.11 Å². The van der Waals surface area contributed by atoms with E-state index in [1.54, 1.807) is 12.1 Å². The molecule has 1 aromatic carbocycles. The summed E-state index contributed by atoms with van der Waals surface area (Å²) in [6.45, 7) is 5.53. The summed E-state index contributed by atoms with van der Waals surface area (Å²) in [5.74, 6) is 0.358. The minimum absolute atomic E-state index is 0.0573. The van der Waals surface area contributed by atoms with Gasteiger partial charge in [-0.2, -0.15) is 0 Å². The normalized spacial score (nSPS) is 11.4. The lowest BCUT2D eigenvalue weighted by molar-refractivity contribution is -0.752. The lowest BCUT2D eigenvalue weighted by atomic mass is 9.83. The predicted octanol–water partition coefficient (Wildman–Crippen LogP) is 2.54. The molecule has 0 aliphatic rings. The van der Waals surface area contributed by atoms with Gasteiger partial charge in [0.25, 0.3) is 0 Å². The van der Waals surface area contributed by atoms with Crippen molar-refractivity contribution in [3.05, 3.63) is 49.6 Å². The van der Waals surface area contributed by atoms with Crippen molar-refractivity contribution in [3.63, 3.8) is 0 Å². The summed E-state index contributed by atoms with van der Waals surface area (Å²) in [6, 6.07) is 4.63. The Morgan fingerprint density at radius 3 is 2.05 bits per heavy atom. The van der Waals surface area contributed by atoms with E-state index >= 15 is 0 Å². The molecule has 7 nitrogen and oxygen atoms in total. The van der Waals surface area contributed by atoms with E-state index in [0.717, 1.165) is 0 Å². The standard InChI is InChI=1S/C12H16N2O5/c1-12(2,3)10-6-5-8(19-4)7-9(10)11(13(15)16)14(17)18/h5-7,11H,1-4H3. The van der Waals surface area contributed by atoms with Crippen LogP contribution in [0.3, 0.4) is 0 Å². The van der Waals surface area contributed by atoms with Gasteiger partial charge in [0.15, 0.2) is 0 Å². The van der Waals surface area contributed by atoms with Crippen LogP contribution in [-0.4, -0.2) is 17.0 Å². The van der Waals surface area contributed by atoms with Crippen molar-refractivity contribution in [2.24, 2.45) is 0 Å². The van der Waals surface area contributed by atoms with E-state index < -0.39 is 21.4 Å². The molecule has 1 rings (SSSR count). The molecule has 0 spiro atoms. The zero-order valence-electron chi connectivity index (χ0n) is 11.2. The Morgan fingerprint density at radius 2 is 1.68 bits per heavy atom. The largest absolute Gasteiger partial charge is 0.497 e. The number of benzene rings is 1. The van der Waals surface area contributed by atoms with Gasteiger partial charge >= 0.3 is 6.17 Å². The van der Waals surface area contributed by atoms with Crippen molar-refractivity contribution in [1.29, 1.82) is 0 Å². The Morgan fingerprint density at radius 1 is 1.16 bits per heavy atom. The predicted molar refractivity (Wildman–Crippen MR) is 68.4 cm³/mol. The molecule has 0 radical (unpaired) electrons. The highest BCUT2D eigenvalue weighted by Crippen LogP contribution is 2.33. The van der Waals surface area contributed by atoms with E-state index in [-0.39, 0.29) is 5.56 Å². The van der Waals surface area contributed by atoms with E-state index in [9.17, 15) is 20.2 Å². The first-order valence-electron chi connectivity index (χ1n) is 5.64. The second-order valence-electron chi connectivity index (χ2n) is 5.15. The van der Waals surface area contributed by atoms with Gasteiger partial charge in [0.05, 0.1) is 7.11 Å². The topological polar surface area (TPSA) is 95.5 Å². The summed E-state index contributed by atoms with van der Waals surface area (Å²) in [4.78, 5) is 20.1. The third-order valence-corrected chi connectivity index (χ3v) is 2.74. The zero-order chi connectivity index (χ0) is 14.8. The van der Waals surface area contributed by atoms with Gasteiger partial charge in [0.2, 0.25) is 0 Å². The van der Waals surface area contributed by atoms with Gasteiger partial charge < -0.3 is 4.74 Å². The maximum absolute atomic E-state index is 10.9. The average molecular weight is 268 g/mol. The van der Waals surface area contributed by atoms with Crippen LogP contribution in [-0.2, 0) is 5.41 Å². The lowest BCUT2D eigenvalue weighted by Crippen LogP contribution is -2.24. The lowest BCUT2D eigenvalue weighted by Gasteiger charge is -2.22. The summed E-state index contributed by atoms with van der Waals surface area (Å²) < 4.78 is 4.99. The van der Waals surface area contributed by atoms with E-state index in [1.165, 1.54) is 13.2 Å². The Hall–Kier alpha value is -2.18. The zero-order valence-corrected chi connectivity index (χ0v) is 11.2. The first-order valence-corrected chi connectivity index (χ1v) is 5.64. The molecule has 0 heterocycles. The fraction of sp³-hybridized carbons (Fsp3) is 0.500. The van der Waals surface area contributed by atoms with Gasteiger partial charge in [0, 0.05) is 0 Å². The second-order valence-corrected chi connectivity index (χ2v) is 5.15. The van der Waals surface area contributed by atoms with Gasteiger partial charge in [-0.3, -0.25) is 20.2 Å². The SMILES string of the molecule is COc1ccc(C(C)(C)C)c(C([N+](=O)[O-])[N+](=O)[O-])c1. The van der Waals surface area contributed by atoms with Crippen LogP contribution in [0.5, 0.6) is 5.75 Å². The number of hydrogen-bond acceptors (Lipinski definition) is 5. The van der Waals surface area contributed by atoms with E-state index in [0.29, 0.717) is 11.3 Å². The molecule has 0 fully saturated rings. The summed E-state index contributed by atoms with van der Waals surface area (Å²) in [5.41, 5.74) is 0.180. The molecule has 0 N–H and O–H groups in total. The van der Waals surface area contributed by atoms with Gasteiger partial charge in [-0.25, -0.2) is 0 Å². The fourth-order valence-corrected chi connectivity index (χ4v) is 1.87. The highest BCUT2D eigenvalue weighted by molar-refractivity contribution is 5.40. The number of nitro groups is 2. The molecule has 7 heteroatoms. The summed E-state index contributed by atoms with van der Waals surface area (Å²) in [5, 5.41) is 21.9. The van der Waals surface area contributed by atoms with Crippen molar-refractivity contribution in [1.82, 2.24) is 0 Å². The first-order chi connectivity index (χ1) is 8.68. The highest BCUT2D eigenvalue weighted by atomic mass is 16.7. The molecule has 1 aromatic rings. The summed E-state index contributed by atoms with van der Waals surface area (Å²) >= 11 is 0. The molecule has 19 heavy (non-hydrogen) atoms. The Balaban J connectivity index is 3.52. The van der Waals surface area contributed by atoms with E-state index in [1.807, 2.05) is 20.8 Å². The van der Waals surface area contributed by atoms with Crippen molar-refractivity contribution < 1.29 is 14.6 Å². The molecule has 0 aliphatic heterocycles. The van der Waals surface area contributed by atoms with Crippen LogP contribution in [0.2, 0.25) is 0 Å². The molecule has 0 bridgehead atoms. The van der Waals surface area contributed by atoms with Crippen LogP contribution in [0.25, 0.3) is 0 Å². The van der Waals surface area contributed by atoms with Gasteiger partial charge in [0.1, 0.15) is 21.2 Å². The number of nitrogens with zero attached hydrogens (tertiary/aromatic N) is 2. The quantitative estimate of drug-likeness (QED) is 0.475. The molecule has 0 unspecified atom stereocenters. The molecule has 0 atom stereocenters. The van der Waals surface area contributed by atoms with E-state index in [2.05, 4.69) is 0 Å². The third kappa shape index (κ3) is 3.18. The summed E-state index contributed by atoms with van der Waals surface area (Å²) in [6.07, 6.45) is -1.98. The van der Waals surface area contributed by atoms with Crippen LogP contribution in [0.4, 0.5) is 0 Å². The maximum Gasteiger partial charge on any atom is 0.477 e. The number of ether oxygens (including phenoxy) is 1. The molecule has 0 amide bonds. The van der Waals surface area contributed by atoms with Crippen molar-refractivity contribution in [2.45, 2.75) is 32.4 Å². The third-order valence-electron chi connectivity index (χ3n) is 2.74. The Labute approximate surface area is 110 Å². The molecular weight excluding hydrogens is 252 g/mol. The number of hydrogen-bond donors (Lipinski definition) is 0. The van der Waals surface area contributed by atoms with Crippen LogP contribution in [0.15, 0.2) is 18.2 Å². The number of rotatable bonds is 4. The maximum atomic E-state index is 10.9. The smallest absolute Gasteiger partial charge is 0.477 e. The molecule has 0 aliphatic carbocycles. The first kappa shape index (κ1) is 14.9. The monoisotopic (exact) mass is 268 g/mol. The van der Waals surface area contributed by atoms with Gasteiger partial charge in [-0.15, -0.1) is 0 Å². The van der Waals surface area contributed by atoms with Crippen LogP contribution >= 0.6 is 0 Å².